The van der Waals surface area contributed by atoms with Crippen LogP contribution in [0.4, 0.5) is 0 Å². The second-order valence-corrected chi connectivity index (χ2v) is 4.20. The summed E-state index contributed by atoms with van der Waals surface area (Å²) in [6.45, 7) is 12.1. The van der Waals surface area contributed by atoms with Gasteiger partial charge in [-0.15, -0.1) is 0 Å². The van der Waals surface area contributed by atoms with Gasteiger partial charge in [-0.05, 0) is 33.6 Å². The molecule has 0 saturated heterocycles. The zero-order chi connectivity index (χ0) is 9.45. The Kier molecular flexibility index (Phi) is 7.16. The van der Waals surface area contributed by atoms with Crippen LogP contribution < -0.4 is 0 Å². The first-order valence-electron chi connectivity index (χ1n) is 5.15. The lowest BCUT2D eigenvalue weighted by atomic mass is 10.2. The molecule has 0 amide bonds. The van der Waals surface area contributed by atoms with Crippen LogP contribution in [-0.4, -0.2) is 36.0 Å². The summed E-state index contributed by atoms with van der Waals surface area (Å²) in [4.78, 5) is 0. The van der Waals surface area contributed by atoms with E-state index in [1.54, 1.807) is 0 Å². The third-order valence-electron chi connectivity index (χ3n) is 3.03. The molecule has 2 heteroatoms. The van der Waals surface area contributed by atoms with Crippen molar-refractivity contribution in [3.05, 3.63) is 0 Å². The second kappa shape index (κ2) is 6.90. The maximum atomic E-state index is 3.48. The summed E-state index contributed by atoms with van der Waals surface area (Å²) in [6.07, 6.45) is 2.68. The molecule has 12 heavy (non-hydrogen) atoms. The van der Waals surface area contributed by atoms with Crippen LogP contribution in [-0.2, 0) is 0 Å². The Balaban J connectivity index is 3.76. The fourth-order valence-electron chi connectivity index (χ4n) is 1.69. The lowest BCUT2D eigenvalue weighted by Gasteiger charge is -2.35. The first-order valence-corrected chi connectivity index (χ1v) is 6.27. The molecule has 0 atom stereocenters. The van der Waals surface area contributed by atoms with Crippen LogP contribution in [0.5, 0.6) is 0 Å². The average molecular weight is 237 g/mol. The maximum Gasteiger partial charge on any atom is 0.0786 e. The van der Waals surface area contributed by atoms with Gasteiger partial charge in [0, 0.05) is 5.33 Å². The summed E-state index contributed by atoms with van der Waals surface area (Å²) in [5.41, 5.74) is 0. The number of unbranched alkanes of at least 4 members (excludes halogenated alkanes) is 1. The van der Waals surface area contributed by atoms with Crippen molar-refractivity contribution in [3.63, 3.8) is 0 Å². The molecule has 0 fully saturated rings. The SMILES string of the molecule is CC[N+](CC)(CC)CCCCBr. The van der Waals surface area contributed by atoms with Gasteiger partial charge in [-0.2, -0.15) is 0 Å². The van der Waals surface area contributed by atoms with E-state index in [0.717, 1.165) is 5.33 Å². The number of rotatable bonds is 7. The van der Waals surface area contributed by atoms with E-state index in [2.05, 4.69) is 36.7 Å². The molecule has 0 spiro atoms. The molecule has 0 heterocycles. The smallest absolute Gasteiger partial charge is 0.0786 e. The summed E-state index contributed by atoms with van der Waals surface area (Å²) >= 11 is 3.48. The highest BCUT2D eigenvalue weighted by Crippen LogP contribution is 2.08. The first-order chi connectivity index (χ1) is 5.74. The zero-order valence-electron chi connectivity index (χ0n) is 8.77. The quantitative estimate of drug-likeness (QED) is 0.362. The van der Waals surface area contributed by atoms with E-state index in [4.69, 9.17) is 0 Å². The molecule has 74 valence electrons. The predicted octanol–water partition coefficient (Wildman–Crippen LogP) is 3.04. The van der Waals surface area contributed by atoms with Crippen LogP contribution in [0.1, 0.15) is 33.6 Å². The molecule has 0 N–H and O–H groups in total. The molecule has 0 unspecified atom stereocenters. The number of nitrogens with zero attached hydrogens (tertiary/aromatic N) is 1. The van der Waals surface area contributed by atoms with Gasteiger partial charge < -0.3 is 4.48 Å². The molecule has 1 nitrogen and oxygen atoms in total. The Bertz CT molecular complexity index is 91.7. The highest BCUT2D eigenvalue weighted by molar-refractivity contribution is 9.09. The molecule has 0 rings (SSSR count). The van der Waals surface area contributed by atoms with Crippen molar-refractivity contribution in [1.82, 2.24) is 0 Å². The summed E-state index contributed by atoms with van der Waals surface area (Å²) in [7, 11) is 0. The molecule has 0 aromatic carbocycles. The molecule has 0 saturated carbocycles. The van der Waals surface area contributed by atoms with Gasteiger partial charge in [-0.1, -0.05) is 15.9 Å². The maximum absolute atomic E-state index is 3.48. The number of hydrogen-bond acceptors (Lipinski definition) is 0. The van der Waals surface area contributed by atoms with Crippen molar-refractivity contribution in [2.45, 2.75) is 33.6 Å². The Hall–Kier alpha value is 0.440. The van der Waals surface area contributed by atoms with E-state index < -0.39 is 0 Å². The molecular weight excluding hydrogens is 214 g/mol. The van der Waals surface area contributed by atoms with E-state index in [0.29, 0.717) is 0 Å². The monoisotopic (exact) mass is 236 g/mol. The predicted molar refractivity (Wildman–Crippen MR) is 59.8 cm³/mol. The Morgan fingerprint density at radius 2 is 1.42 bits per heavy atom. The van der Waals surface area contributed by atoms with Crippen LogP contribution in [0.3, 0.4) is 0 Å². The van der Waals surface area contributed by atoms with Crippen molar-refractivity contribution in [2.75, 3.05) is 31.5 Å². The summed E-state index contributed by atoms with van der Waals surface area (Å²) < 4.78 is 1.30. The molecule has 0 aromatic heterocycles. The van der Waals surface area contributed by atoms with E-state index in [1.165, 1.54) is 43.5 Å². The minimum absolute atomic E-state index is 1.16. The number of quaternary nitrogens is 1. The lowest BCUT2D eigenvalue weighted by Crippen LogP contribution is -2.48. The Morgan fingerprint density at radius 3 is 1.75 bits per heavy atom. The first kappa shape index (κ1) is 12.4. The van der Waals surface area contributed by atoms with Crippen molar-refractivity contribution in [2.24, 2.45) is 0 Å². The van der Waals surface area contributed by atoms with Gasteiger partial charge >= 0.3 is 0 Å². The Morgan fingerprint density at radius 1 is 0.917 bits per heavy atom. The second-order valence-electron chi connectivity index (χ2n) is 3.41. The Labute approximate surface area is 85.9 Å². The fraction of sp³-hybridized carbons (Fsp3) is 1.00. The molecule has 0 aliphatic rings. The minimum Gasteiger partial charge on any atom is -0.324 e. The fourth-order valence-corrected chi connectivity index (χ4v) is 2.08. The molecule has 0 aromatic rings. The largest absolute Gasteiger partial charge is 0.324 e. The summed E-state index contributed by atoms with van der Waals surface area (Å²) in [5, 5.41) is 1.16. The van der Waals surface area contributed by atoms with Gasteiger partial charge in [0.15, 0.2) is 0 Å². The molecule has 0 aliphatic heterocycles. The van der Waals surface area contributed by atoms with Crippen molar-refractivity contribution in [1.29, 1.82) is 0 Å². The normalized spacial score (nSPS) is 12.0. The third kappa shape index (κ3) is 3.90. The third-order valence-corrected chi connectivity index (χ3v) is 3.59. The van der Waals surface area contributed by atoms with Gasteiger partial charge in [0.05, 0.1) is 26.2 Å². The van der Waals surface area contributed by atoms with Crippen molar-refractivity contribution >= 4 is 15.9 Å². The van der Waals surface area contributed by atoms with Crippen LogP contribution in [0.15, 0.2) is 0 Å². The number of halogens is 1. The van der Waals surface area contributed by atoms with Crippen LogP contribution in [0.25, 0.3) is 0 Å². The van der Waals surface area contributed by atoms with Gasteiger partial charge in [-0.3, -0.25) is 0 Å². The van der Waals surface area contributed by atoms with Crippen molar-refractivity contribution < 1.29 is 4.48 Å². The lowest BCUT2D eigenvalue weighted by molar-refractivity contribution is -0.923. The zero-order valence-corrected chi connectivity index (χ0v) is 10.4. The molecular formula is C10H23BrN+. The van der Waals surface area contributed by atoms with Crippen molar-refractivity contribution in [3.8, 4) is 0 Å². The number of alkyl halides is 1. The average Bonchev–Trinajstić information content (AvgIpc) is 2.14. The van der Waals surface area contributed by atoms with Crippen LogP contribution in [0, 0.1) is 0 Å². The molecule has 0 bridgehead atoms. The van der Waals surface area contributed by atoms with E-state index in [-0.39, 0.29) is 0 Å². The summed E-state index contributed by atoms with van der Waals surface area (Å²) in [6, 6.07) is 0. The van der Waals surface area contributed by atoms with Gasteiger partial charge in [-0.25, -0.2) is 0 Å². The van der Waals surface area contributed by atoms with Gasteiger partial charge in [0.1, 0.15) is 0 Å². The highest BCUT2D eigenvalue weighted by atomic mass is 79.9. The summed E-state index contributed by atoms with van der Waals surface area (Å²) in [5.74, 6) is 0. The molecule has 0 aliphatic carbocycles. The van der Waals surface area contributed by atoms with E-state index in [1.807, 2.05) is 0 Å². The van der Waals surface area contributed by atoms with Gasteiger partial charge in [0.2, 0.25) is 0 Å². The minimum atomic E-state index is 1.16. The van der Waals surface area contributed by atoms with Crippen LogP contribution >= 0.6 is 15.9 Å². The van der Waals surface area contributed by atoms with Crippen LogP contribution in [0.2, 0.25) is 0 Å². The highest BCUT2D eigenvalue weighted by Gasteiger charge is 2.18. The van der Waals surface area contributed by atoms with E-state index in [9.17, 15) is 0 Å². The van der Waals surface area contributed by atoms with E-state index >= 15 is 0 Å². The number of hydrogen-bond donors (Lipinski definition) is 0. The topological polar surface area (TPSA) is 0 Å². The molecule has 0 radical (unpaired) electrons. The standard InChI is InChI=1S/C10H23BrN/c1-4-12(5-2,6-3)10-8-7-9-11/h4-10H2,1-3H3/q+1. The van der Waals surface area contributed by atoms with Gasteiger partial charge in [0.25, 0.3) is 0 Å².